The zero-order valence-electron chi connectivity index (χ0n) is 10.7. The molecule has 2 rings (SSSR count). The molecule has 7 heteroatoms. The lowest BCUT2D eigenvalue weighted by Crippen LogP contribution is -3.12. The third-order valence-electron chi connectivity index (χ3n) is 3.05. The van der Waals surface area contributed by atoms with Crippen molar-refractivity contribution in [2.45, 2.75) is 0 Å². The van der Waals surface area contributed by atoms with E-state index in [-0.39, 0.29) is 5.02 Å². The average Bonchev–Trinajstić information content (AvgIpc) is 2.37. The molecule has 0 bridgehead atoms. The number of hydrogen-bond donors (Lipinski definition) is 3. The second-order valence-electron chi connectivity index (χ2n) is 4.64. The minimum atomic E-state index is -0.437. The van der Waals surface area contributed by atoms with Crippen molar-refractivity contribution in [1.82, 2.24) is 10.4 Å². The highest BCUT2D eigenvalue weighted by atomic mass is 35.5. The molecule has 3 N–H and O–H groups in total. The molecule has 0 amide bonds. The summed E-state index contributed by atoms with van der Waals surface area (Å²) >= 11 is 10.9. The minimum Gasteiger partial charge on any atom is -0.335 e. The van der Waals surface area contributed by atoms with E-state index in [1.165, 1.54) is 17.0 Å². The Bertz CT molecular complexity index is 463. The summed E-state index contributed by atoms with van der Waals surface area (Å²) in [6.07, 6.45) is 0. The number of benzene rings is 1. The molecule has 104 valence electrons. The maximum Gasteiger partial charge on any atom is 0.185 e. The highest BCUT2D eigenvalue weighted by Gasteiger charge is 2.16. The number of quaternary nitrogens is 1. The van der Waals surface area contributed by atoms with Crippen molar-refractivity contribution in [3.05, 3.63) is 29.0 Å². The highest BCUT2D eigenvalue weighted by Crippen LogP contribution is 2.19. The number of likely N-dealkylation sites (N-methyl/N-ethyl adjacent to an activating group) is 1. The van der Waals surface area contributed by atoms with Crippen LogP contribution in [0.5, 0.6) is 0 Å². The predicted octanol–water partition coefficient (Wildman–Crippen LogP) is 0.511. The first-order valence-corrected chi connectivity index (χ1v) is 6.92. The number of rotatable bonds is 2. The van der Waals surface area contributed by atoms with Crippen LogP contribution < -0.4 is 15.6 Å². The summed E-state index contributed by atoms with van der Waals surface area (Å²) in [6.45, 7) is 4.05. The Morgan fingerprint density at radius 2 is 2.11 bits per heavy atom. The van der Waals surface area contributed by atoms with Crippen molar-refractivity contribution in [2.24, 2.45) is 0 Å². The van der Waals surface area contributed by atoms with Gasteiger partial charge < -0.3 is 10.2 Å². The maximum absolute atomic E-state index is 13.0. The first kappa shape index (κ1) is 14.5. The summed E-state index contributed by atoms with van der Waals surface area (Å²) in [7, 11) is 2.18. The normalized spacial score (nSPS) is 17.2. The largest absolute Gasteiger partial charge is 0.335 e. The summed E-state index contributed by atoms with van der Waals surface area (Å²) in [5, 5.41) is 5.63. The van der Waals surface area contributed by atoms with E-state index in [1.807, 2.05) is 0 Å². The van der Waals surface area contributed by atoms with Crippen molar-refractivity contribution < 1.29 is 9.29 Å². The molecule has 0 radical (unpaired) electrons. The molecule has 0 saturated carbocycles. The van der Waals surface area contributed by atoms with Gasteiger partial charge >= 0.3 is 0 Å². The molecular formula is C12H17ClFN4S+. The van der Waals surface area contributed by atoms with Gasteiger partial charge in [-0.2, -0.15) is 0 Å². The maximum atomic E-state index is 13.0. The van der Waals surface area contributed by atoms with Gasteiger partial charge in [0.1, 0.15) is 5.82 Å². The van der Waals surface area contributed by atoms with E-state index in [4.69, 9.17) is 23.8 Å². The molecular weight excluding hydrogens is 287 g/mol. The molecule has 1 fully saturated rings. The summed E-state index contributed by atoms with van der Waals surface area (Å²) in [6, 6.07) is 4.43. The van der Waals surface area contributed by atoms with E-state index in [2.05, 4.69) is 22.8 Å². The number of thiocarbonyl (C=S) groups is 1. The monoisotopic (exact) mass is 303 g/mol. The molecule has 1 heterocycles. The van der Waals surface area contributed by atoms with Crippen LogP contribution >= 0.6 is 23.8 Å². The topological polar surface area (TPSA) is 31.7 Å². The van der Waals surface area contributed by atoms with Gasteiger partial charge in [0.25, 0.3) is 0 Å². The third kappa shape index (κ3) is 4.28. The van der Waals surface area contributed by atoms with Crippen molar-refractivity contribution >= 4 is 34.6 Å². The summed E-state index contributed by atoms with van der Waals surface area (Å²) in [5.74, 6) is -0.437. The van der Waals surface area contributed by atoms with Crippen molar-refractivity contribution in [1.29, 1.82) is 0 Å². The van der Waals surface area contributed by atoms with Crippen LogP contribution in [0.3, 0.4) is 0 Å². The molecule has 1 aromatic rings. The molecule has 0 aromatic heterocycles. The summed E-state index contributed by atoms with van der Waals surface area (Å²) in [5.41, 5.74) is 3.80. The van der Waals surface area contributed by atoms with Gasteiger partial charge in [0.15, 0.2) is 5.11 Å². The standard InChI is InChI=1S/C12H16ClFN4S/c1-17-4-6-18(7-5-17)16-12(19)15-9-2-3-11(14)10(13)8-9/h2-3,8H,4-7H2,1H3,(H2,15,16,19)/p+1. The first-order valence-electron chi connectivity index (χ1n) is 6.13. The lowest BCUT2D eigenvalue weighted by molar-refractivity contribution is -0.884. The summed E-state index contributed by atoms with van der Waals surface area (Å²) in [4.78, 5) is 1.52. The van der Waals surface area contributed by atoms with Crippen molar-refractivity contribution in [3.63, 3.8) is 0 Å². The van der Waals surface area contributed by atoms with Gasteiger partial charge in [-0.3, -0.25) is 5.43 Å². The molecule has 0 unspecified atom stereocenters. The lowest BCUT2D eigenvalue weighted by Gasteiger charge is -2.31. The Kier molecular flexibility index (Phi) is 4.93. The lowest BCUT2D eigenvalue weighted by atomic mass is 10.3. The van der Waals surface area contributed by atoms with Gasteiger partial charge in [0.2, 0.25) is 0 Å². The highest BCUT2D eigenvalue weighted by molar-refractivity contribution is 7.80. The van der Waals surface area contributed by atoms with Crippen molar-refractivity contribution in [3.8, 4) is 0 Å². The van der Waals surface area contributed by atoms with E-state index in [0.717, 1.165) is 26.2 Å². The Balaban J connectivity index is 1.85. The number of hydrogen-bond acceptors (Lipinski definition) is 2. The van der Waals surface area contributed by atoms with E-state index in [0.29, 0.717) is 10.8 Å². The zero-order valence-corrected chi connectivity index (χ0v) is 12.2. The van der Waals surface area contributed by atoms with E-state index in [1.54, 1.807) is 6.07 Å². The number of halogens is 2. The number of nitrogens with zero attached hydrogens (tertiary/aromatic N) is 1. The average molecular weight is 304 g/mol. The molecule has 0 atom stereocenters. The van der Waals surface area contributed by atoms with Crippen LogP contribution in [0, 0.1) is 5.82 Å². The van der Waals surface area contributed by atoms with Crippen LogP contribution in [0.4, 0.5) is 10.1 Å². The van der Waals surface area contributed by atoms with Crippen LogP contribution in [0.2, 0.25) is 5.02 Å². The van der Waals surface area contributed by atoms with E-state index in [9.17, 15) is 4.39 Å². The fourth-order valence-electron chi connectivity index (χ4n) is 1.88. The smallest absolute Gasteiger partial charge is 0.185 e. The van der Waals surface area contributed by atoms with Gasteiger partial charge in [-0.05, 0) is 30.4 Å². The number of anilines is 1. The molecule has 19 heavy (non-hydrogen) atoms. The quantitative estimate of drug-likeness (QED) is 0.695. The predicted molar refractivity (Wildman–Crippen MR) is 79.0 cm³/mol. The van der Waals surface area contributed by atoms with Gasteiger partial charge in [0, 0.05) is 5.69 Å². The second kappa shape index (κ2) is 6.47. The number of hydrazine groups is 1. The first-order chi connectivity index (χ1) is 9.04. The second-order valence-corrected chi connectivity index (χ2v) is 5.45. The molecule has 1 saturated heterocycles. The molecule has 1 aromatic carbocycles. The Morgan fingerprint density at radius 3 is 2.74 bits per heavy atom. The molecule has 0 aliphatic carbocycles. The Hall–Kier alpha value is -0.950. The SMILES string of the molecule is C[NH+]1CCN(NC(=S)Nc2ccc(F)c(Cl)c2)CC1. The molecule has 4 nitrogen and oxygen atoms in total. The van der Waals surface area contributed by atoms with E-state index >= 15 is 0 Å². The van der Waals surface area contributed by atoms with Crippen LogP contribution in [-0.2, 0) is 0 Å². The fraction of sp³-hybridized carbons (Fsp3) is 0.417. The fourth-order valence-corrected chi connectivity index (χ4v) is 2.30. The van der Waals surface area contributed by atoms with Gasteiger partial charge in [0.05, 0.1) is 38.2 Å². The molecule has 0 spiro atoms. The van der Waals surface area contributed by atoms with Crippen LogP contribution in [0.1, 0.15) is 0 Å². The van der Waals surface area contributed by atoms with Crippen molar-refractivity contribution in [2.75, 3.05) is 38.5 Å². The van der Waals surface area contributed by atoms with Crippen LogP contribution in [0.25, 0.3) is 0 Å². The zero-order chi connectivity index (χ0) is 13.8. The van der Waals surface area contributed by atoms with Crippen LogP contribution in [-0.4, -0.2) is 43.3 Å². The van der Waals surface area contributed by atoms with Gasteiger partial charge in [-0.1, -0.05) is 11.6 Å². The van der Waals surface area contributed by atoms with Crippen LogP contribution in [0.15, 0.2) is 18.2 Å². The third-order valence-corrected chi connectivity index (χ3v) is 3.54. The molecule has 1 aliphatic rings. The van der Waals surface area contributed by atoms with E-state index < -0.39 is 5.82 Å². The van der Waals surface area contributed by atoms with Gasteiger partial charge in [-0.15, -0.1) is 0 Å². The summed E-state index contributed by atoms with van der Waals surface area (Å²) < 4.78 is 13.0. The molecule has 1 aliphatic heterocycles. The van der Waals surface area contributed by atoms with Gasteiger partial charge in [-0.25, -0.2) is 9.40 Å². The number of piperazine rings is 1. The Morgan fingerprint density at radius 1 is 1.42 bits per heavy atom. The minimum absolute atomic E-state index is 0.0796. The number of nitrogens with one attached hydrogen (secondary N) is 3. The Labute approximate surface area is 122 Å².